The maximum atomic E-state index is 13.1. The van der Waals surface area contributed by atoms with Gasteiger partial charge in [-0.05, 0) is 51.0 Å². The number of esters is 1. The van der Waals surface area contributed by atoms with Crippen molar-refractivity contribution in [3.05, 3.63) is 94.7 Å². The van der Waals surface area contributed by atoms with E-state index >= 15 is 0 Å². The van der Waals surface area contributed by atoms with Gasteiger partial charge in [0.15, 0.2) is 5.71 Å². The first kappa shape index (κ1) is 38.7. The van der Waals surface area contributed by atoms with Gasteiger partial charge in [-0.15, -0.1) is 0 Å². The van der Waals surface area contributed by atoms with Crippen LogP contribution in [0.2, 0.25) is 0 Å². The first-order chi connectivity index (χ1) is 23.3. The number of carbonyl (C=O) groups is 2. The third kappa shape index (κ3) is 8.43. The molecule has 0 aliphatic carbocycles. The molecule has 0 spiro atoms. The third-order valence-electron chi connectivity index (χ3n) is 8.96. The molecular weight excluding hydrogens is 685 g/mol. The van der Waals surface area contributed by atoms with E-state index in [4.69, 9.17) is 4.74 Å². The summed E-state index contributed by atoms with van der Waals surface area (Å²) in [4.78, 5) is 27.1. The molecule has 2 aromatic rings. The molecule has 0 bridgehead atoms. The molecule has 0 fully saturated rings. The van der Waals surface area contributed by atoms with Crippen molar-refractivity contribution in [2.75, 3.05) is 36.1 Å². The maximum absolute atomic E-state index is 13.1. The largest absolute Gasteiger partial charge is 0.748 e. The van der Waals surface area contributed by atoms with Gasteiger partial charge in [-0.1, -0.05) is 51.1 Å². The van der Waals surface area contributed by atoms with Crippen LogP contribution in [0.1, 0.15) is 85.7 Å². The number of carboxylic acids is 1. The van der Waals surface area contributed by atoms with Crippen molar-refractivity contribution in [3.63, 3.8) is 0 Å². The van der Waals surface area contributed by atoms with E-state index in [0.717, 1.165) is 22.7 Å². The van der Waals surface area contributed by atoms with Crippen LogP contribution in [0.4, 0.5) is 11.4 Å². The van der Waals surface area contributed by atoms with Crippen LogP contribution < -0.4 is 4.90 Å². The van der Waals surface area contributed by atoms with Crippen molar-refractivity contribution in [3.8, 4) is 0 Å². The van der Waals surface area contributed by atoms with Crippen molar-refractivity contribution in [1.82, 2.24) is 0 Å². The van der Waals surface area contributed by atoms with Crippen molar-refractivity contribution in [1.29, 1.82) is 0 Å². The first-order valence-corrected chi connectivity index (χ1v) is 19.5. The van der Waals surface area contributed by atoms with Gasteiger partial charge in [-0.3, -0.25) is 4.55 Å². The van der Waals surface area contributed by atoms with E-state index in [0.29, 0.717) is 23.2 Å². The lowest BCUT2D eigenvalue weighted by atomic mass is 9.79. The van der Waals surface area contributed by atoms with Gasteiger partial charge < -0.3 is 19.3 Å². The van der Waals surface area contributed by atoms with E-state index in [1.807, 2.05) is 62.3 Å². The number of aromatic carboxylic acids is 1. The van der Waals surface area contributed by atoms with Gasteiger partial charge in [0.2, 0.25) is 5.69 Å². The van der Waals surface area contributed by atoms with Crippen molar-refractivity contribution in [2.24, 2.45) is 0 Å². The van der Waals surface area contributed by atoms with E-state index in [2.05, 4.69) is 0 Å². The summed E-state index contributed by atoms with van der Waals surface area (Å²) >= 11 is 0. The Morgan fingerprint density at radius 1 is 0.920 bits per heavy atom. The third-order valence-corrected chi connectivity index (χ3v) is 10.6. The van der Waals surface area contributed by atoms with Crippen LogP contribution >= 0.6 is 0 Å². The van der Waals surface area contributed by atoms with Gasteiger partial charge in [0, 0.05) is 53.2 Å². The molecule has 12 nitrogen and oxygen atoms in total. The number of carbonyl (C=O) groups excluding carboxylic acids is 1. The normalized spacial score (nSPS) is 17.6. The minimum Gasteiger partial charge on any atom is -0.748 e. The van der Waals surface area contributed by atoms with Gasteiger partial charge in [-0.25, -0.2) is 18.0 Å². The Kier molecular flexibility index (Phi) is 11.6. The summed E-state index contributed by atoms with van der Waals surface area (Å²) in [5.74, 6) is -2.52. The molecule has 0 saturated heterocycles. The quantitative estimate of drug-likeness (QED) is 0.105. The van der Waals surface area contributed by atoms with Crippen LogP contribution in [0.5, 0.6) is 0 Å². The zero-order valence-corrected chi connectivity index (χ0v) is 30.5. The van der Waals surface area contributed by atoms with E-state index in [9.17, 15) is 40.6 Å². The highest BCUT2D eigenvalue weighted by Crippen LogP contribution is 2.49. The average Bonchev–Trinajstić information content (AvgIpc) is 3.37. The SMILES string of the molecule is CCCOC(=O)c1cccc2c1C(C)(C)C(/C=C/C=C/C=C1/N(CCCS(=O)(=O)O)c3cccc(C(=O)O)c3C1(C)C)=[N+]2CCCS(=O)(=O)[O-]. The zero-order valence-electron chi connectivity index (χ0n) is 28.9. The number of ether oxygens (including phenoxy) is 1. The Labute approximate surface area is 294 Å². The minimum absolute atomic E-state index is 0.0759. The molecule has 2 heterocycles. The molecule has 0 radical (unpaired) electrons. The Morgan fingerprint density at radius 3 is 2.24 bits per heavy atom. The fourth-order valence-electron chi connectivity index (χ4n) is 6.90. The minimum atomic E-state index is -4.43. The maximum Gasteiger partial charge on any atom is 0.338 e. The predicted molar refractivity (Wildman–Crippen MR) is 190 cm³/mol. The average molecular weight is 729 g/mol. The highest BCUT2D eigenvalue weighted by molar-refractivity contribution is 7.85. The lowest BCUT2D eigenvalue weighted by molar-refractivity contribution is -0.437. The van der Waals surface area contributed by atoms with Crippen molar-refractivity contribution >= 4 is 49.3 Å². The Balaban J connectivity index is 1.72. The van der Waals surface area contributed by atoms with Crippen LogP contribution in [0.25, 0.3) is 0 Å². The number of carboxylic acid groups (broad SMARTS) is 1. The summed E-state index contributed by atoms with van der Waals surface area (Å²) < 4.78 is 73.8. The number of anilines is 1. The Bertz CT molecular complexity index is 2010. The molecule has 2 aliphatic rings. The van der Waals surface area contributed by atoms with E-state index in [1.165, 1.54) is 6.07 Å². The van der Waals surface area contributed by atoms with Gasteiger partial charge in [0.05, 0.1) is 44.6 Å². The number of nitrogens with zero attached hydrogens (tertiary/aromatic N) is 2. The van der Waals surface area contributed by atoms with Crippen LogP contribution in [0.3, 0.4) is 0 Å². The molecule has 270 valence electrons. The van der Waals surface area contributed by atoms with Crippen LogP contribution in [-0.4, -0.2) is 84.5 Å². The highest BCUT2D eigenvalue weighted by Gasteiger charge is 2.47. The summed E-state index contributed by atoms with van der Waals surface area (Å²) in [6.07, 6.45) is 9.91. The van der Waals surface area contributed by atoms with Crippen molar-refractivity contribution in [2.45, 2.75) is 64.7 Å². The van der Waals surface area contributed by atoms with Crippen LogP contribution in [0, 0.1) is 0 Å². The fraction of sp³-hybridized carbons (Fsp3) is 0.417. The second-order valence-corrected chi connectivity index (χ2v) is 16.4. The predicted octanol–water partition coefficient (Wildman–Crippen LogP) is 5.34. The molecule has 4 rings (SSSR count). The lowest BCUT2D eigenvalue weighted by Crippen LogP contribution is -2.29. The molecule has 2 aromatic carbocycles. The van der Waals surface area contributed by atoms with Crippen LogP contribution in [-0.2, 0) is 35.8 Å². The Hall–Kier alpha value is -4.11. The molecule has 14 heteroatoms. The molecule has 50 heavy (non-hydrogen) atoms. The molecule has 0 amide bonds. The standard InChI is InChI=1S/C36H44N2O10S2/c1-6-22-48-34(41)26-15-11-17-28-32(26)36(4,5)30(38(28)21-13-24-50(45,46)47)19-9-7-8-18-29-35(2,3)31-25(33(39)40)14-10-16-27(31)37(29)20-12-23-49(42,43)44/h7-11,14-19H,6,12-13,20-24H2,1-5H3,(H2-,39,40,42,43,44,45,46,47). The summed E-state index contributed by atoms with van der Waals surface area (Å²) in [7, 11) is -8.63. The monoisotopic (exact) mass is 728 g/mol. The summed E-state index contributed by atoms with van der Waals surface area (Å²) in [5.41, 5.74) is 3.28. The number of rotatable bonds is 15. The molecule has 0 atom stereocenters. The molecule has 2 aliphatic heterocycles. The number of benzene rings is 2. The first-order valence-electron chi connectivity index (χ1n) is 16.4. The fourth-order valence-corrected chi connectivity index (χ4v) is 7.87. The molecular formula is C36H44N2O10S2. The molecule has 2 N–H and O–H groups in total. The summed E-state index contributed by atoms with van der Waals surface area (Å²) in [6, 6.07) is 10.3. The number of fused-ring (bicyclic) bond motifs is 2. The molecule has 0 saturated carbocycles. The van der Waals surface area contributed by atoms with Gasteiger partial charge in [0.1, 0.15) is 6.54 Å². The van der Waals surface area contributed by atoms with Crippen molar-refractivity contribution < 1.29 is 49.9 Å². The number of hydrogen-bond donors (Lipinski definition) is 2. The van der Waals surface area contributed by atoms with E-state index in [-0.39, 0.29) is 38.1 Å². The second kappa shape index (κ2) is 15.0. The number of hydrogen-bond acceptors (Lipinski definition) is 9. The van der Waals surface area contributed by atoms with Gasteiger partial charge in [0.25, 0.3) is 10.1 Å². The van der Waals surface area contributed by atoms with E-state index < -0.39 is 54.5 Å². The Morgan fingerprint density at radius 2 is 1.60 bits per heavy atom. The lowest BCUT2D eigenvalue weighted by Gasteiger charge is -2.27. The zero-order chi connectivity index (χ0) is 37.1. The highest BCUT2D eigenvalue weighted by atomic mass is 32.2. The van der Waals surface area contributed by atoms with Gasteiger partial charge >= 0.3 is 11.9 Å². The topological polar surface area (TPSA) is 181 Å². The second-order valence-electron chi connectivity index (χ2n) is 13.3. The van der Waals surface area contributed by atoms with Gasteiger partial charge in [-0.2, -0.15) is 13.0 Å². The number of allylic oxidation sites excluding steroid dienone is 6. The van der Waals surface area contributed by atoms with E-state index in [1.54, 1.807) is 42.5 Å². The molecule has 0 aromatic heterocycles. The summed E-state index contributed by atoms with van der Waals surface area (Å²) in [5, 5.41) is 9.94. The summed E-state index contributed by atoms with van der Waals surface area (Å²) in [6.45, 7) is 10.3. The van der Waals surface area contributed by atoms with Crippen LogP contribution in [0.15, 0.2) is 72.5 Å². The smallest absolute Gasteiger partial charge is 0.338 e. The molecule has 0 unspecified atom stereocenters.